The van der Waals surface area contributed by atoms with E-state index in [0.717, 1.165) is 12.8 Å². The molecule has 1 saturated carbocycles. The molecule has 1 aliphatic carbocycles. The number of hydrogen-bond donors (Lipinski definition) is 3. The molecule has 0 aromatic heterocycles. The number of urea groups is 1. The first-order valence-corrected chi connectivity index (χ1v) is 7.43. The number of carbonyl (C=O) groups is 2. The van der Waals surface area contributed by atoms with Gasteiger partial charge in [0.2, 0.25) is 0 Å². The summed E-state index contributed by atoms with van der Waals surface area (Å²) in [6, 6.07) is -0.220. The number of aliphatic carboxylic acids is 1. The van der Waals surface area contributed by atoms with Crippen LogP contribution in [0, 0.1) is 5.92 Å². The van der Waals surface area contributed by atoms with E-state index >= 15 is 0 Å². The molecule has 6 heteroatoms. The van der Waals surface area contributed by atoms with E-state index in [1.165, 1.54) is 12.8 Å². The fourth-order valence-corrected chi connectivity index (χ4v) is 2.25. The summed E-state index contributed by atoms with van der Waals surface area (Å²) < 4.78 is 5.64. The van der Waals surface area contributed by atoms with Gasteiger partial charge < -0.3 is 20.5 Å². The highest BCUT2D eigenvalue weighted by atomic mass is 16.5. The summed E-state index contributed by atoms with van der Waals surface area (Å²) >= 11 is 0. The average molecular weight is 286 g/mol. The lowest BCUT2D eigenvalue weighted by molar-refractivity contribution is -0.137. The van der Waals surface area contributed by atoms with Crippen molar-refractivity contribution in [2.75, 3.05) is 19.7 Å². The summed E-state index contributed by atoms with van der Waals surface area (Å²) in [6.07, 6.45) is 5.83. The summed E-state index contributed by atoms with van der Waals surface area (Å²) in [6.45, 7) is 3.47. The molecule has 116 valence electrons. The first-order chi connectivity index (χ1) is 9.58. The van der Waals surface area contributed by atoms with Gasteiger partial charge in [-0.3, -0.25) is 4.79 Å². The van der Waals surface area contributed by atoms with Crippen LogP contribution in [-0.4, -0.2) is 42.9 Å². The van der Waals surface area contributed by atoms with Crippen LogP contribution in [0.2, 0.25) is 0 Å². The number of carbonyl (C=O) groups excluding carboxylic acids is 1. The van der Waals surface area contributed by atoms with Crippen molar-refractivity contribution in [1.82, 2.24) is 10.6 Å². The zero-order valence-electron chi connectivity index (χ0n) is 12.2. The van der Waals surface area contributed by atoms with Crippen molar-refractivity contribution in [2.45, 2.75) is 51.6 Å². The Bertz CT molecular complexity index is 304. The third-order valence-electron chi connectivity index (χ3n) is 3.51. The molecule has 0 aromatic rings. The Morgan fingerprint density at radius 3 is 2.65 bits per heavy atom. The second-order valence-electron chi connectivity index (χ2n) is 5.45. The van der Waals surface area contributed by atoms with E-state index in [-0.39, 0.29) is 18.4 Å². The molecule has 2 amide bonds. The maximum absolute atomic E-state index is 11.5. The van der Waals surface area contributed by atoms with E-state index in [9.17, 15) is 9.59 Å². The standard InChI is InChI=1S/C14H26N2O4/c1-11(6-7-13(17)18)10-16-14(19)15-8-9-20-12-4-2-3-5-12/h11-12H,2-10H2,1H3,(H,17,18)(H2,15,16,19). The quantitative estimate of drug-likeness (QED) is 0.563. The van der Waals surface area contributed by atoms with E-state index in [2.05, 4.69) is 10.6 Å². The van der Waals surface area contributed by atoms with E-state index in [1.54, 1.807) is 0 Å². The molecular weight excluding hydrogens is 260 g/mol. The van der Waals surface area contributed by atoms with Crippen molar-refractivity contribution in [1.29, 1.82) is 0 Å². The van der Waals surface area contributed by atoms with Crippen LogP contribution in [0.3, 0.4) is 0 Å². The van der Waals surface area contributed by atoms with Gasteiger partial charge in [0.05, 0.1) is 12.7 Å². The molecule has 1 atom stereocenters. The minimum Gasteiger partial charge on any atom is -0.481 e. The highest BCUT2D eigenvalue weighted by Crippen LogP contribution is 2.20. The Kier molecular flexibility index (Phi) is 8.02. The average Bonchev–Trinajstić information content (AvgIpc) is 2.92. The number of carboxylic acid groups (broad SMARTS) is 1. The van der Waals surface area contributed by atoms with Gasteiger partial charge in [-0.1, -0.05) is 19.8 Å². The predicted molar refractivity (Wildman–Crippen MR) is 75.6 cm³/mol. The second-order valence-corrected chi connectivity index (χ2v) is 5.45. The van der Waals surface area contributed by atoms with Crippen LogP contribution in [0.25, 0.3) is 0 Å². The van der Waals surface area contributed by atoms with Gasteiger partial charge in [0.25, 0.3) is 0 Å². The summed E-state index contributed by atoms with van der Waals surface area (Å²) in [5, 5.41) is 14.0. The zero-order valence-corrected chi connectivity index (χ0v) is 12.2. The van der Waals surface area contributed by atoms with Crippen LogP contribution in [0.1, 0.15) is 45.4 Å². The van der Waals surface area contributed by atoms with Gasteiger partial charge in [0.1, 0.15) is 0 Å². The fraction of sp³-hybridized carbons (Fsp3) is 0.857. The van der Waals surface area contributed by atoms with E-state index in [1.807, 2.05) is 6.92 Å². The molecule has 3 N–H and O–H groups in total. The Morgan fingerprint density at radius 2 is 2.00 bits per heavy atom. The summed E-state index contributed by atoms with van der Waals surface area (Å²) in [5.41, 5.74) is 0. The predicted octanol–water partition coefficient (Wildman–Crippen LogP) is 1.75. The maximum Gasteiger partial charge on any atom is 0.314 e. The molecule has 0 radical (unpaired) electrons. The minimum absolute atomic E-state index is 0.139. The number of carboxylic acids is 1. The van der Waals surface area contributed by atoms with Gasteiger partial charge >= 0.3 is 12.0 Å². The molecule has 0 spiro atoms. The van der Waals surface area contributed by atoms with Gasteiger partial charge in [-0.15, -0.1) is 0 Å². The van der Waals surface area contributed by atoms with Crippen molar-refractivity contribution in [3.8, 4) is 0 Å². The summed E-state index contributed by atoms with van der Waals surface area (Å²) in [7, 11) is 0. The molecule has 0 aliphatic heterocycles. The van der Waals surface area contributed by atoms with Crippen molar-refractivity contribution in [2.24, 2.45) is 5.92 Å². The summed E-state index contributed by atoms with van der Waals surface area (Å²) in [5.74, 6) is -0.642. The Balaban J connectivity index is 1.95. The van der Waals surface area contributed by atoms with Crippen LogP contribution >= 0.6 is 0 Å². The minimum atomic E-state index is -0.801. The molecular formula is C14H26N2O4. The molecule has 1 aliphatic rings. The molecule has 1 unspecified atom stereocenters. The number of rotatable bonds is 9. The monoisotopic (exact) mass is 286 g/mol. The SMILES string of the molecule is CC(CCC(=O)O)CNC(=O)NCCOC1CCCC1. The van der Waals surface area contributed by atoms with Gasteiger partial charge in [0.15, 0.2) is 0 Å². The molecule has 1 rings (SSSR count). The van der Waals surface area contributed by atoms with Gasteiger partial charge in [-0.05, 0) is 25.2 Å². The molecule has 0 bridgehead atoms. The lowest BCUT2D eigenvalue weighted by Crippen LogP contribution is -2.39. The second kappa shape index (κ2) is 9.58. The van der Waals surface area contributed by atoms with Crippen molar-refractivity contribution in [3.05, 3.63) is 0 Å². The normalized spacial score (nSPS) is 16.9. The third kappa shape index (κ3) is 7.99. The molecule has 0 aromatic carbocycles. The van der Waals surface area contributed by atoms with Crippen LogP contribution in [0.15, 0.2) is 0 Å². The smallest absolute Gasteiger partial charge is 0.314 e. The van der Waals surface area contributed by atoms with Gasteiger partial charge in [-0.25, -0.2) is 4.79 Å². The summed E-state index contributed by atoms with van der Waals surface area (Å²) in [4.78, 5) is 21.9. The first-order valence-electron chi connectivity index (χ1n) is 7.43. The van der Waals surface area contributed by atoms with E-state index < -0.39 is 5.97 Å². The number of amides is 2. The molecule has 0 saturated heterocycles. The maximum atomic E-state index is 11.5. The Hall–Kier alpha value is -1.30. The molecule has 20 heavy (non-hydrogen) atoms. The van der Waals surface area contributed by atoms with Crippen LogP contribution in [0.5, 0.6) is 0 Å². The number of ether oxygens (including phenoxy) is 1. The van der Waals surface area contributed by atoms with Crippen LogP contribution < -0.4 is 10.6 Å². The first kappa shape index (κ1) is 16.8. The Morgan fingerprint density at radius 1 is 1.30 bits per heavy atom. The molecule has 6 nitrogen and oxygen atoms in total. The lowest BCUT2D eigenvalue weighted by atomic mass is 10.1. The van der Waals surface area contributed by atoms with Crippen LogP contribution in [-0.2, 0) is 9.53 Å². The van der Waals surface area contributed by atoms with Gasteiger partial charge in [-0.2, -0.15) is 0 Å². The molecule has 0 heterocycles. The fourth-order valence-electron chi connectivity index (χ4n) is 2.25. The van der Waals surface area contributed by atoms with Crippen molar-refractivity contribution in [3.63, 3.8) is 0 Å². The van der Waals surface area contributed by atoms with Crippen molar-refractivity contribution < 1.29 is 19.4 Å². The van der Waals surface area contributed by atoms with E-state index in [4.69, 9.17) is 9.84 Å². The number of hydrogen-bond acceptors (Lipinski definition) is 3. The number of nitrogens with one attached hydrogen (secondary N) is 2. The van der Waals surface area contributed by atoms with Gasteiger partial charge in [0, 0.05) is 19.5 Å². The van der Waals surface area contributed by atoms with Crippen molar-refractivity contribution >= 4 is 12.0 Å². The largest absolute Gasteiger partial charge is 0.481 e. The lowest BCUT2D eigenvalue weighted by Gasteiger charge is -2.14. The van der Waals surface area contributed by atoms with Crippen LogP contribution in [0.4, 0.5) is 4.79 Å². The highest BCUT2D eigenvalue weighted by Gasteiger charge is 2.14. The van der Waals surface area contributed by atoms with E-state index in [0.29, 0.717) is 32.2 Å². The highest BCUT2D eigenvalue weighted by molar-refractivity contribution is 5.73. The topological polar surface area (TPSA) is 87.7 Å². The third-order valence-corrected chi connectivity index (χ3v) is 3.51. The zero-order chi connectivity index (χ0) is 14.8. The molecule has 1 fully saturated rings. The Labute approximate surface area is 120 Å².